The van der Waals surface area contributed by atoms with Crippen LogP contribution < -0.4 is 10.6 Å². The van der Waals surface area contributed by atoms with E-state index in [9.17, 15) is 4.79 Å². The number of likely N-dealkylation sites (tertiary alicyclic amines) is 1. The fourth-order valence-corrected chi connectivity index (χ4v) is 3.50. The van der Waals surface area contributed by atoms with Gasteiger partial charge in [-0.15, -0.1) is 24.0 Å². The second kappa shape index (κ2) is 11.9. The molecule has 1 amide bonds. The summed E-state index contributed by atoms with van der Waals surface area (Å²) in [6, 6.07) is 0.264. The maximum atomic E-state index is 12.6. The number of carbonyl (C=O) groups excluding carboxylic acids is 1. The van der Waals surface area contributed by atoms with Gasteiger partial charge in [0.25, 0.3) is 0 Å². The van der Waals surface area contributed by atoms with Crippen LogP contribution in [0.2, 0.25) is 0 Å². The van der Waals surface area contributed by atoms with Crippen LogP contribution in [0.5, 0.6) is 0 Å². The number of hydrogen-bond donors (Lipinski definition) is 3. The standard InChI is InChI=1S/C18H34N4O2.HI/c1-3-19-18(20-11-14(2)13-23)21-16-9-10-22(12-16)17(24)15-7-5-4-6-8-15;/h14-16,23H,3-13H2,1-2H3,(H2,19,20,21);1H. The summed E-state index contributed by atoms with van der Waals surface area (Å²) >= 11 is 0. The van der Waals surface area contributed by atoms with E-state index in [2.05, 4.69) is 15.6 Å². The fourth-order valence-electron chi connectivity index (χ4n) is 3.50. The number of aliphatic hydroxyl groups is 1. The quantitative estimate of drug-likeness (QED) is 0.318. The molecule has 1 aliphatic carbocycles. The van der Waals surface area contributed by atoms with E-state index in [1.807, 2.05) is 18.7 Å². The van der Waals surface area contributed by atoms with Crippen LogP contribution in [0.1, 0.15) is 52.4 Å². The van der Waals surface area contributed by atoms with Crippen molar-refractivity contribution in [1.82, 2.24) is 15.5 Å². The number of hydrogen-bond acceptors (Lipinski definition) is 3. The number of amides is 1. The molecule has 3 N–H and O–H groups in total. The van der Waals surface area contributed by atoms with Crippen LogP contribution in [0.25, 0.3) is 0 Å². The third kappa shape index (κ3) is 7.29. The van der Waals surface area contributed by atoms with E-state index in [-0.39, 0.29) is 48.5 Å². The number of guanidine groups is 1. The number of rotatable bonds is 6. The Balaban J connectivity index is 0.00000312. The molecule has 1 aliphatic heterocycles. The normalized spacial score (nSPS) is 23.1. The maximum Gasteiger partial charge on any atom is 0.225 e. The van der Waals surface area contributed by atoms with E-state index >= 15 is 0 Å². The molecule has 2 fully saturated rings. The largest absolute Gasteiger partial charge is 0.396 e. The van der Waals surface area contributed by atoms with Gasteiger partial charge in [-0.3, -0.25) is 9.79 Å². The summed E-state index contributed by atoms with van der Waals surface area (Å²) in [4.78, 5) is 19.2. The molecule has 0 spiro atoms. The number of carbonyl (C=O) groups is 1. The minimum atomic E-state index is 0. The van der Waals surface area contributed by atoms with Gasteiger partial charge < -0.3 is 20.6 Å². The maximum absolute atomic E-state index is 12.6. The van der Waals surface area contributed by atoms with Gasteiger partial charge in [0, 0.05) is 44.7 Å². The minimum absolute atomic E-state index is 0. The van der Waals surface area contributed by atoms with E-state index in [0.29, 0.717) is 12.5 Å². The Hall–Kier alpha value is -0.570. The molecule has 2 aliphatic rings. The molecule has 7 heteroatoms. The lowest BCUT2D eigenvalue weighted by Gasteiger charge is -2.26. The molecular weight excluding hydrogens is 431 g/mol. The molecule has 25 heavy (non-hydrogen) atoms. The number of nitrogens with zero attached hydrogens (tertiary/aromatic N) is 2. The third-order valence-electron chi connectivity index (χ3n) is 5.01. The lowest BCUT2D eigenvalue weighted by atomic mass is 9.88. The van der Waals surface area contributed by atoms with Crippen LogP contribution in [0.3, 0.4) is 0 Å². The van der Waals surface area contributed by atoms with Crippen molar-refractivity contribution in [2.75, 3.05) is 32.8 Å². The molecule has 0 aromatic rings. The topological polar surface area (TPSA) is 77.0 Å². The van der Waals surface area contributed by atoms with E-state index in [0.717, 1.165) is 44.9 Å². The summed E-state index contributed by atoms with van der Waals surface area (Å²) < 4.78 is 0. The van der Waals surface area contributed by atoms with Crippen molar-refractivity contribution < 1.29 is 9.90 Å². The second-order valence-electron chi connectivity index (χ2n) is 7.26. The molecule has 146 valence electrons. The average Bonchev–Trinajstić information content (AvgIpc) is 3.08. The summed E-state index contributed by atoms with van der Waals surface area (Å²) in [7, 11) is 0. The Bertz CT molecular complexity index is 427. The molecule has 0 aromatic heterocycles. The van der Waals surface area contributed by atoms with Crippen molar-refractivity contribution >= 4 is 35.8 Å². The molecule has 0 radical (unpaired) electrons. The van der Waals surface area contributed by atoms with Gasteiger partial charge in [-0.1, -0.05) is 26.2 Å². The van der Waals surface area contributed by atoms with Crippen LogP contribution in [0, 0.1) is 11.8 Å². The number of aliphatic imine (C=N–C) groups is 1. The highest BCUT2D eigenvalue weighted by Crippen LogP contribution is 2.26. The summed E-state index contributed by atoms with van der Waals surface area (Å²) in [5.74, 6) is 1.56. The van der Waals surface area contributed by atoms with E-state index < -0.39 is 0 Å². The predicted octanol–water partition coefficient (Wildman–Crippen LogP) is 1.97. The molecule has 2 atom stereocenters. The molecule has 2 unspecified atom stereocenters. The molecule has 2 rings (SSSR count). The lowest BCUT2D eigenvalue weighted by molar-refractivity contribution is -0.135. The van der Waals surface area contributed by atoms with Crippen molar-refractivity contribution in [3.05, 3.63) is 0 Å². The molecule has 1 saturated carbocycles. The first-order chi connectivity index (χ1) is 11.6. The van der Waals surface area contributed by atoms with Crippen molar-refractivity contribution in [2.45, 2.75) is 58.4 Å². The Morgan fingerprint density at radius 3 is 2.64 bits per heavy atom. The van der Waals surface area contributed by atoms with Crippen molar-refractivity contribution in [2.24, 2.45) is 16.8 Å². The first kappa shape index (κ1) is 22.5. The Kier molecular flexibility index (Phi) is 10.7. The zero-order chi connectivity index (χ0) is 17.4. The Morgan fingerprint density at radius 1 is 1.28 bits per heavy atom. The van der Waals surface area contributed by atoms with Crippen LogP contribution >= 0.6 is 24.0 Å². The van der Waals surface area contributed by atoms with Gasteiger partial charge in [-0.25, -0.2) is 0 Å². The third-order valence-corrected chi connectivity index (χ3v) is 5.01. The highest BCUT2D eigenvalue weighted by Gasteiger charge is 2.31. The minimum Gasteiger partial charge on any atom is -0.396 e. The fraction of sp³-hybridized carbons (Fsp3) is 0.889. The average molecular weight is 466 g/mol. The number of halogens is 1. The molecule has 0 bridgehead atoms. The highest BCUT2D eigenvalue weighted by molar-refractivity contribution is 14.0. The van der Waals surface area contributed by atoms with Crippen LogP contribution in [-0.4, -0.2) is 60.7 Å². The monoisotopic (exact) mass is 466 g/mol. The molecule has 0 aromatic carbocycles. The predicted molar refractivity (Wildman–Crippen MR) is 112 cm³/mol. The molecular formula is C18H35IN4O2. The van der Waals surface area contributed by atoms with Crippen molar-refractivity contribution in [3.8, 4) is 0 Å². The molecule has 1 saturated heterocycles. The van der Waals surface area contributed by atoms with E-state index in [1.165, 1.54) is 19.3 Å². The van der Waals surface area contributed by atoms with Gasteiger partial charge in [0.05, 0.1) is 0 Å². The number of nitrogens with one attached hydrogen (secondary N) is 2. The zero-order valence-corrected chi connectivity index (χ0v) is 18.0. The SMILES string of the molecule is CCNC(=NCC(C)CO)NC1CCN(C(=O)C2CCCCC2)C1.I. The van der Waals surface area contributed by atoms with E-state index in [4.69, 9.17) is 5.11 Å². The zero-order valence-electron chi connectivity index (χ0n) is 15.7. The van der Waals surface area contributed by atoms with Gasteiger partial charge in [-0.05, 0) is 32.1 Å². The first-order valence-corrected chi connectivity index (χ1v) is 9.58. The van der Waals surface area contributed by atoms with E-state index in [1.54, 1.807) is 0 Å². The number of aliphatic hydroxyl groups excluding tert-OH is 1. The summed E-state index contributed by atoms with van der Waals surface area (Å²) in [6.07, 6.45) is 6.78. The highest BCUT2D eigenvalue weighted by atomic mass is 127. The summed E-state index contributed by atoms with van der Waals surface area (Å²) in [5.41, 5.74) is 0. The second-order valence-corrected chi connectivity index (χ2v) is 7.26. The van der Waals surface area contributed by atoms with Crippen LogP contribution in [0.4, 0.5) is 0 Å². The molecule has 1 heterocycles. The van der Waals surface area contributed by atoms with Gasteiger partial charge in [0.2, 0.25) is 5.91 Å². The lowest BCUT2D eigenvalue weighted by Crippen LogP contribution is -2.45. The smallest absolute Gasteiger partial charge is 0.225 e. The van der Waals surface area contributed by atoms with Gasteiger partial charge in [-0.2, -0.15) is 0 Å². The Labute approximate surface area is 169 Å². The Morgan fingerprint density at radius 2 is 2.00 bits per heavy atom. The summed E-state index contributed by atoms with van der Waals surface area (Å²) in [5, 5.41) is 15.8. The first-order valence-electron chi connectivity index (χ1n) is 9.58. The summed E-state index contributed by atoms with van der Waals surface area (Å²) in [6.45, 7) is 7.19. The van der Waals surface area contributed by atoms with Crippen LogP contribution in [0.15, 0.2) is 4.99 Å². The van der Waals surface area contributed by atoms with Gasteiger partial charge in [0.1, 0.15) is 0 Å². The van der Waals surface area contributed by atoms with Crippen molar-refractivity contribution in [1.29, 1.82) is 0 Å². The van der Waals surface area contributed by atoms with Crippen LogP contribution in [-0.2, 0) is 4.79 Å². The van der Waals surface area contributed by atoms with Gasteiger partial charge >= 0.3 is 0 Å². The van der Waals surface area contributed by atoms with Crippen molar-refractivity contribution in [3.63, 3.8) is 0 Å². The molecule has 6 nitrogen and oxygen atoms in total. The van der Waals surface area contributed by atoms with Gasteiger partial charge in [0.15, 0.2) is 5.96 Å².